The summed E-state index contributed by atoms with van der Waals surface area (Å²) in [7, 11) is 1.54. The fraction of sp³-hybridized carbons (Fsp3) is 0.312. The second-order valence-electron chi connectivity index (χ2n) is 11.6. The van der Waals surface area contributed by atoms with Gasteiger partial charge in [0.1, 0.15) is 12.4 Å². The van der Waals surface area contributed by atoms with Gasteiger partial charge >= 0.3 is 5.97 Å². The molecule has 4 rings (SSSR count). The third-order valence-corrected chi connectivity index (χ3v) is 7.07. The van der Waals surface area contributed by atoms with Crippen molar-refractivity contribution in [2.24, 2.45) is 10.8 Å². The van der Waals surface area contributed by atoms with Gasteiger partial charge in [-0.25, -0.2) is 4.98 Å². The number of rotatable bonds is 10. The van der Waals surface area contributed by atoms with Gasteiger partial charge in [-0.3, -0.25) is 14.4 Å². The molecule has 0 fully saturated rings. The van der Waals surface area contributed by atoms with E-state index >= 15 is 0 Å². The standard InChI is InChI=1S/C32H33ClN2O6/c1-31(2,3)29(37)26-23(17-32(4,5)30(38)39)27(28(36)19-10-12-20(33)13-11-19)35-15-14-22(16-24(26)35)41-18-21-8-7-9-25(34-21)40-6/h7-16H,17-18H2,1-6H3,(H,38,39). The van der Waals surface area contributed by atoms with E-state index in [1.165, 1.54) is 7.11 Å². The van der Waals surface area contributed by atoms with Gasteiger partial charge in [0.25, 0.3) is 0 Å². The Hall–Kier alpha value is -4.17. The first-order valence-corrected chi connectivity index (χ1v) is 13.5. The number of benzene rings is 1. The summed E-state index contributed by atoms with van der Waals surface area (Å²) in [6.07, 6.45) is 1.63. The molecule has 8 nitrogen and oxygen atoms in total. The number of pyridine rings is 2. The topological polar surface area (TPSA) is 107 Å². The van der Waals surface area contributed by atoms with Crippen LogP contribution in [0.2, 0.25) is 5.02 Å². The van der Waals surface area contributed by atoms with Gasteiger partial charge in [0.05, 0.1) is 29.4 Å². The molecule has 3 heterocycles. The van der Waals surface area contributed by atoms with Gasteiger partial charge in [-0.15, -0.1) is 0 Å². The molecule has 4 aromatic rings. The third kappa shape index (κ3) is 6.28. The van der Waals surface area contributed by atoms with E-state index in [9.17, 15) is 19.5 Å². The van der Waals surface area contributed by atoms with Crippen LogP contribution in [0.25, 0.3) is 5.52 Å². The number of halogens is 1. The summed E-state index contributed by atoms with van der Waals surface area (Å²) in [5, 5.41) is 10.5. The summed E-state index contributed by atoms with van der Waals surface area (Å²) in [6.45, 7) is 8.68. The maximum atomic E-state index is 14.0. The molecule has 1 N–H and O–H groups in total. The Morgan fingerprint density at radius 1 is 1.00 bits per heavy atom. The van der Waals surface area contributed by atoms with Crippen molar-refractivity contribution < 1.29 is 29.0 Å². The van der Waals surface area contributed by atoms with Crippen molar-refractivity contribution in [3.05, 3.63) is 93.9 Å². The number of hydrogen-bond acceptors (Lipinski definition) is 6. The highest BCUT2D eigenvalue weighted by Gasteiger charge is 2.37. The molecule has 0 unspecified atom stereocenters. The number of carbonyl (C=O) groups excluding carboxylic acids is 2. The van der Waals surface area contributed by atoms with Gasteiger partial charge in [0, 0.05) is 39.9 Å². The molecular formula is C32H33ClN2O6. The van der Waals surface area contributed by atoms with Crippen LogP contribution in [0.15, 0.2) is 60.8 Å². The number of fused-ring (bicyclic) bond motifs is 1. The monoisotopic (exact) mass is 576 g/mol. The number of methoxy groups -OCH3 is 1. The van der Waals surface area contributed by atoms with Crippen molar-refractivity contribution in [3.63, 3.8) is 0 Å². The molecule has 0 atom stereocenters. The highest BCUT2D eigenvalue weighted by molar-refractivity contribution is 6.30. The minimum atomic E-state index is -1.26. The lowest BCUT2D eigenvalue weighted by atomic mass is 9.79. The molecular weight excluding hydrogens is 544 g/mol. The molecule has 0 spiro atoms. The Bertz CT molecular complexity index is 1630. The van der Waals surface area contributed by atoms with Crippen LogP contribution in [0, 0.1) is 10.8 Å². The number of carboxylic acid groups (broad SMARTS) is 1. The highest BCUT2D eigenvalue weighted by atomic mass is 35.5. The number of Topliss-reactive ketones (excluding diaryl/α,β-unsaturated/α-hetero) is 1. The van der Waals surface area contributed by atoms with Gasteiger partial charge < -0.3 is 19.0 Å². The van der Waals surface area contributed by atoms with E-state index in [0.29, 0.717) is 44.6 Å². The predicted octanol–water partition coefficient (Wildman–Crippen LogP) is 6.69. The Morgan fingerprint density at radius 2 is 1.68 bits per heavy atom. The molecule has 0 saturated carbocycles. The van der Waals surface area contributed by atoms with E-state index in [1.807, 2.05) is 12.1 Å². The number of nitrogens with zero attached hydrogens (tertiary/aromatic N) is 2. The number of hydrogen-bond donors (Lipinski definition) is 1. The van der Waals surface area contributed by atoms with Gasteiger partial charge in [-0.2, -0.15) is 0 Å². The maximum Gasteiger partial charge on any atom is 0.309 e. The molecule has 0 saturated heterocycles. The Morgan fingerprint density at radius 3 is 2.29 bits per heavy atom. The number of ketones is 2. The molecule has 0 aliphatic carbocycles. The summed E-state index contributed by atoms with van der Waals surface area (Å²) in [5.74, 6) is -0.691. The highest BCUT2D eigenvalue weighted by Crippen LogP contribution is 2.37. The van der Waals surface area contributed by atoms with Crippen LogP contribution in [-0.2, 0) is 17.8 Å². The zero-order valence-electron chi connectivity index (χ0n) is 23.9. The number of aliphatic carboxylic acids is 1. The second-order valence-corrected chi connectivity index (χ2v) is 12.0. The fourth-order valence-electron chi connectivity index (χ4n) is 4.49. The maximum absolute atomic E-state index is 14.0. The molecule has 0 radical (unpaired) electrons. The van der Waals surface area contributed by atoms with Crippen molar-refractivity contribution in [1.82, 2.24) is 9.38 Å². The lowest BCUT2D eigenvalue weighted by Gasteiger charge is -2.22. The molecule has 0 amide bonds. The largest absolute Gasteiger partial charge is 0.487 e. The normalized spacial score (nSPS) is 11.9. The minimum absolute atomic E-state index is 0.0419. The molecule has 9 heteroatoms. The lowest BCUT2D eigenvalue weighted by molar-refractivity contribution is -0.146. The molecule has 0 aliphatic rings. The molecule has 1 aromatic carbocycles. The van der Waals surface area contributed by atoms with E-state index in [2.05, 4.69) is 4.98 Å². The van der Waals surface area contributed by atoms with Crippen LogP contribution >= 0.6 is 11.6 Å². The summed E-state index contributed by atoms with van der Waals surface area (Å²) in [5.41, 5.74) is 0.295. The lowest BCUT2D eigenvalue weighted by Crippen LogP contribution is -2.29. The smallest absolute Gasteiger partial charge is 0.309 e. The van der Waals surface area contributed by atoms with Gasteiger partial charge in [-0.05, 0) is 62.2 Å². The molecule has 0 aliphatic heterocycles. The zero-order valence-corrected chi connectivity index (χ0v) is 24.7. The number of carboxylic acids is 1. The molecule has 41 heavy (non-hydrogen) atoms. The molecule has 0 bridgehead atoms. The van der Waals surface area contributed by atoms with Crippen LogP contribution in [0.3, 0.4) is 0 Å². The minimum Gasteiger partial charge on any atom is -0.487 e. The van der Waals surface area contributed by atoms with Crippen molar-refractivity contribution >= 4 is 34.7 Å². The van der Waals surface area contributed by atoms with E-state index < -0.39 is 16.8 Å². The van der Waals surface area contributed by atoms with Crippen LogP contribution in [0.1, 0.15) is 72.3 Å². The van der Waals surface area contributed by atoms with E-state index in [-0.39, 0.29) is 30.3 Å². The van der Waals surface area contributed by atoms with Crippen LogP contribution in [0.4, 0.5) is 0 Å². The number of aromatic nitrogens is 2. The molecule has 3 aromatic heterocycles. The first-order chi connectivity index (χ1) is 19.2. The van der Waals surface area contributed by atoms with Gasteiger partial charge in [0.15, 0.2) is 5.78 Å². The van der Waals surface area contributed by atoms with Crippen LogP contribution < -0.4 is 9.47 Å². The summed E-state index contributed by atoms with van der Waals surface area (Å²) >= 11 is 6.06. The quantitative estimate of drug-likeness (QED) is 0.210. The predicted molar refractivity (Wildman–Crippen MR) is 156 cm³/mol. The van der Waals surface area contributed by atoms with Crippen molar-refractivity contribution in [2.75, 3.05) is 7.11 Å². The summed E-state index contributed by atoms with van der Waals surface area (Å²) < 4.78 is 12.9. The second kappa shape index (κ2) is 11.4. The summed E-state index contributed by atoms with van der Waals surface area (Å²) in [6, 6.07) is 15.2. The number of carbonyl (C=O) groups is 3. The van der Waals surface area contributed by atoms with Crippen LogP contribution in [-0.4, -0.2) is 39.1 Å². The van der Waals surface area contributed by atoms with Crippen molar-refractivity contribution in [2.45, 2.75) is 47.6 Å². The first-order valence-electron chi connectivity index (χ1n) is 13.1. The zero-order chi connectivity index (χ0) is 30.1. The van der Waals surface area contributed by atoms with Crippen LogP contribution in [0.5, 0.6) is 11.6 Å². The van der Waals surface area contributed by atoms with E-state index in [4.69, 9.17) is 21.1 Å². The van der Waals surface area contributed by atoms with Gasteiger partial charge in [0.2, 0.25) is 11.7 Å². The Kier molecular flexibility index (Phi) is 8.27. The van der Waals surface area contributed by atoms with Crippen molar-refractivity contribution in [1.29, 1.82) is 0 Å². The molecule has 214 valence electrons. The Balaban J connectivity index is 1.93. The summed E-state index contributed by atoms with van der Waals surface area (Å²) in [4.78, 5) is 44.6. The van der Waals surface area contributed by atoms with Gasteiger partial charge in [-0.1, -0.05) is 38.4 Å². The van der Waals surface area contributed by atoms with E-state index in [1.54, 1.807) is 87.7 Å². The van der Waals surface area contributed by atoms with Crippen molar-refractivity contribution in [3.8, 4) is 11.6 Å². The SMILES string of the molecule is COc1cccc(COc2ccn3c(C(=O)c4ccc(Cl)cc4)c(CC(C)(C)C(=O)O)c(C(=O)C(C)(C)C)c3c2)n1. The number of ether oxygens (including phenoxy) is 2. The third-order valence-electron chi connectivity index (χ3n) is 6.82. The average Bonchev–Trinajstić information content (AvgIpc) is 3.22. The first kappa shape index (κ1) is 29.8. The van der Waals surface area contributed by atoms with E-state index in [0.717, 1.165) is 0 Å². The fourth-order valence-corrected chi connectivity index (χ4v) is 4.61. The average molecular weight is 577 g/mol. The Labute approximate surface area is 243 Å².